The highest BCUT2D eigenvalue weighted by Gasteiger charge is 2.38. The summed E-state index contributed by atoms with van der Waals surface area (Å²) in [5, 5.41) is 8.73. The minimum Gasteiger partial charge on any atom is -0.460 e. The second-order valence-electron chi connectivity index (χ2n) is 19.3. The average Bonchev–Trinajstić information content (AvgIpc) is 3.89. The van der Waals surface area contributed by atoms with Crippen LogP contribution in [-0.4, -0.2) is 91.1 Å². The summed E-state index contributed by atoms with van der Waals surface area (Å²) in [6.45, 7) is 17.0. The predicted octanol–water partition coefficient (Wildman–Crippen LogP) is 8.68. The average molecular weight is 1020 g/mol. The third kappa shape index (κ3) is 13.9. The molecule has 2 saturated carbocycles. The minimum atomic E-state index is -3.50. The number of carbonyl (C=O) groups is 3. The van der Waals surface area contributed by atoms with Crippen LogP contribution < -0.4 is 9.44 Å². The van der Waals surface area contributed by atoms with E-state index in [0.717, 1.165) is 115 Å². The molecule has 2 aromatic carbocycles. The first-order valence-corrected chi connectivity index (χ1v) is 27.4. The van der Waals surface area contributed by atoms with Crippen LogP contribution in [0.15, 0.2) is 48.5 Å². The highest BCUT2D eigenvalue weighted by molar-refractivity contribution is 7.92. The molecule has 2 aliphatic carbocycles. The first-order valence-electron chi connectivity index (χ1n) is 23.2. The van der Waals surface area contributed by atoms with E-state index < -0.39 is 30.9 Å². The zero-order valence-corrected chi connectivity index (χ0v) is 44.0. The van der Waals surface area contributed by atoms with Gasteiger partial charge >= 0.3 is 5.97 Å². The van der Waals surface area contributed by atoms with E-state index in [1.165, 1.54) is 12.1 Å². The number of halogens is 1. The Morgan fingerprint density at radius 3 is 1.47 bits per heavy atom. The number of ether oxygens (including phenoxy) is 1. The van der Waals surface area contributed by atoms with Gasteiger partial charge in [0.15, 0.2) is 17.1 Å². The maximum Gasteiger partial charge on any atom is 0.310 e. The van der Waals surface area contributed by atoms with Crippen LogP contribution in [0, 0.1) is 53.4 Å². The molecule has 0 aliphatic heterocycles. The van der Waals surface area contributed by atoms with Crippen LogP contribution in [0.2, 0.25) is 0 Å². The Morgan fingerprint density at radius 2 is 1.03 bits per heavy atom. The zero-order chi connectivity index (χ0) is 51.5. The molecule has 2 fully saturated rings. The number of hydrogen-bond donors (Lipinski definition) is 2. The maximum absolute atomic E-state index is 13.7. The Morgan fingerprint density at radius 1 is 0.614 bits per heavy atom. The number of ketones is 1. The number of nitrogens with zero attached hydrogens (tertiary/aromatic N) is 8. The van der Waals surface area contributed by atoms with Crippen LogP contribution in [-0.2, 0) is 29.6 Å². The van der Waals surface area contributed by atoms with Crippen LogP contribution in [0.1, 0.15) is 151 Å². The Kier molecular flexibility index (Phi) is 16.5. The first kappa shape index (κ1) is 53.5. The highest BCUT2D eigenvalue weighted by Crippen LogP contribution is 2.41. The molecule has 376 valence electrons. The quantitative estimate of drug-likeness (QED) is 0.0742. The number of fused-ring (bicyclic) bond motifs is 2. The van der Waals surface area contributed by atoms with Crippen molar-refractivity contribution in [1.82, 2.24) is 39.2 Å². The molecule has 2 unspecified atom stereocenters. The summed E-state index contributed by atoms with van der Waals surface area (Å²) >= 11 is 5.34. The van der Waals surface area contributed by atoms with Gasteiger partial charge in [0, 0.05) is 35.4 Å². The smallest absolute Gasteiger partial charge is 0.310 e. The first-order chi connectivity index (χ1) is 32.7. The number of benzene rings is 2. The molecule has 70 heavy (non-hydrogen) atoms. The number of rotatable bonds is 10. The second kappa shape index (κ2) is 21.6. The summed E-state index contributed by atoms with van der Waals surface area (Å²) in [7, 11) is -6.91. The van der Waals surface area contributed by atoms with Crippen LogP contribution in [0.25, 0.3) is 11.3 Å². The number of nitrogens with one attached hydrogen (secondary N) is 2. The Labute approximate surface area is 414 Å². The van der Waals surface area contributed by atoms with Crippen molar-refractivity contribution in [2.24, 2.45) is 11.8 Å². The van der Waals surface area contributed by atoms with E-state index in [9.17, 15) is 31.2 Å². The van der Waals surface area contributed by atoms with Crippen molar-refractivity contribution < 1.29 is 36.0 Å². The molecule has 6 aromatic rings. The molecule has 2 aliphatic rings. The molecule has 4 atom stereocenters. The van der Waals surface area contributed by atoms with Crippen molar-refractivity contribution in [3.8, 4) is 0 Å². The van der Waals surface area contributed by atoms with Gasteiger partial charge in [0.1, 0.15) is 28.9 Å². The van der Waals surface area contributed by atoms with Gasteiger partial charge in [0.25, 0.3) is 5.24 Å². The molecule has 8 rings (SSSR count). The molecule has 21 heteroatoms. The van der Waals surface area contributed by atoms with Crippen molar-refractivity contribution in [3.05, 3.63) is 105 Å². The lowest BCUT2D eigenvalue weighted by Gasteiger charge is -2.31. The Hall–Kier alpha value is -5.86. The van der Waals surface area contributed by atoms with E-state index >= 15 is 0 Å². The SMILES string of the molecule is Cc1ccc(NS(C)(=O)=O)c(C(=O)C2CCCC[C@H]2c2cc3nc(C)nc(C)n3n2)c1.Cc1ccc(NS(C)(=O)=O)c(C(=O)Cl)c1.Cc1nc(C)n2nc([C@@H]3CCCCC3C(=O)OC(C)(C)C)cc2n1. The minimum absolute atomic E-state index is 0.0457. The van der Waals surface area contributed by atoms with Crippen molar-refractivity contribution in [1.29, 1.82) is 0 Å². The number of esters is 1. The fraction of sp³-hybridized carbons (Fsp3) is 0.490. The van der Waals surface area contributed by atoms with Crippen LogP contribution in [0.4, 0.5) is 11.4 Å². The standard InChI is InChI=1S/C22H27N5O3S.C18H26N4O2.C9H10ClNO3S/c1-13-9-10-19(26-31(4,29)30)18(11-13)22(28)17-8-6-5-7-16(17)20-12-21-24-14(2)23-15(3)27(21)25-20;1-11-19-12(2)22-16(20-11)10-15(21-22)13-8-6-7-9-14(13)17(23)24-18(3,4)5;1-6-3-4-8(11-15(2,13)14)7(5-6)9(10)12/h9-12,16-17,26H,5-8H2,1-4H3;10,13-14H,6-9H2,1-5H3;3-5,11H,1-2H3/t16-,17?;13-,14?;/m11./s1. The molecule has 0 amide bonds. The van der Waals surface area contributed by atoms with Gasteiger partial charge in [-0.3, -0.25) is 23.8 Å². The zero-order valence-electron chi connectivity index (χ0n) is 41.6. The summed E-state index contributed by atoms with van der Waals surface area (Å²) < 4.78 is 59.5. The Bertz CT molecular complexity index is 3170. The van der Waals surface area contributed by atoms with Crippen molar-refractivity contribution in [3.63, 3.8) is 0 Å². The summed E-state index contributed by atoms with van der Waals surface area (Å²) in [5.74, 6) is 2.48. The van der Waals surface area contributed by atoms with E-state index in [4.69, 9.17) is 26.5 Å². The van der Waals surface area contributed by atoms with E-state index in [0.29, 0.717) is 17.1 Å². The maximum atomic E-state index is 13.7. The monoisotopic (exact) mass is 1020 g/mol. The molecule has 4 aromatic heterocycles. The largest absolute Gasteiger partial charge is 0.460 e. The predicted molar refractivity (Wildman–Crippen MR) is 270 cm³/mol. The summed E-state index contributed by atoms with van der Waals surface area (Å²) in [6, 6.07) is 13.9. The highest BCUT2D eigenvalue weighted by atomic mass is 35.5. The van der Waals surface area contributed by atoms with Gasteiger partial charge in [-0.05, 0) is 124 Å². The van der Waals surface area contributed by atoms with E-state index in [-0.39, 0.29) is 46.7 Å². The number of anilines is 2. The van der Waals surface area contributed by atoms with E-state index in [1.54, 1.807) is 40.2 Å². The van der Waals surface area contributed by atoms with Crippen molar-refractivity contribution in [2.45, 2.75) is 131 Å². The van der Waals surface area contributed by atoms with Crippen LogP contribution >= 0.6 is 11.6 Å². The lowest BCUT2D eigenvalue weighted by molar-refractivity contribution is -0.162. The van der Waals surface area contributed by atoms with E-state index in [1.807, 2.05) is 67.5 Å². The molecular weight excluding hydrogens is 956 g/mol. The summed E-state index contributed by atoms with van der Waals surface area (Å²) in [5.41, 5.74) is 5.66. The van der Waals surface area contributed by atoms with Crippen molar-refractivity contribution >= 4 is 71.3 Å². The molecule has 0 radical (unpaired) electrons. The number of sulfonamides is 2. The number of aryl methyl sites for hydroxylation is 6. The van der Waals surface area contributed by atoms with E-state index in [2.05, 4.69) is 29.4 Å². The number of carbonyl (C=O) groups excluding carboxylic acids is 3. The summed E-state index contributed by atoms with van der Waals surface area (Å²) in [4.78, 5) is 55.0. The molecule has 0 spiro atoms. The molecular formula is C49H63ClN10O8S2. The van der Waals surface area contributed by atoms with Gasteiger partial charge in [0.2, 0.25) is 20.0 Å². The van der Waals surface area contributed by atoms with Gasteiger partial charge in [-0.1, -0.05) is 48.9 Å². The van der Waals surface area contributed by atoms with Gasteiger partial charge in [0.05, 0.1) is 46.8 Å². The lowest BCUT2D eigenvalue weighted by atomic mass is 9.73. The summed E-state index contributed by atoms with van der Waals surface area (Å²) in [6.07, 6.45) is 9.67. The van der Waals surface area contributed by atoms with Crippen molar-refractivity contribution in [2.75, 3.05) is 22.0 Å². The topological polar surface area (TPSA) is 239 Å². The Balaban J connectivity index is 0.000000183. The van der Waals surface area contributed by atoms with Gasteiger partial charge in [-0.2, -0.15) is 10.2 Å². The third-order valence-electron chi connectivity index (χ3n) is 12.0. The molecule has 18 nitrogen and oxygen atoms in total. The normalized spacial score (nSPS) is 18.5. The molecule has 0 bridgehead atoms. The molecule has 2 N–H and O–H groups in total. The van der Waals surface area contributed by atoms with Gasteiger partial charge in [-0.15, -0.1) is 0 Å². The number of Topliss-reactive ketones (excluding diaryl/α,β-unsaturated/α-hetero) is 1. The van der Waals surface area contributed by atoms with Crippen LogP contribution in [0.5, 0.6) is 0 Å². The fourth-order valence-electron chi connectivity index (χ4n) is 9.12. The fourth-order valence-corrected chi connectivity index (χ4v) is 10.4. The second-order valence-corrected chi connectivity index (χ2v) is 23.2. The van der Waals surface area contributed by atoms with Gasteiger partial charge in [-0.25, -0.2) is 45.8 Å². The lowest BCUT2D eigenvalue weighted by Crippen LogP contribution is -2.33. The molecule has 4 heterocycles. The number of aromatic nitrogens is 8. The van der Waals surface area contributed by atoms with Gasteiger partial charge < -0.3 is 4.74 Å². The third-order valence-corrected chi connectivity index (χ3v) is 13.4. The number of hydrogen-bond acceptors (Lipinski definition) is 14. The van der Waals surface area contributed by atoms with Crippen LogP contribution in [0.3, 0.4) is 0 Å². The molecule has 0 saturated heterocycles.